The van der Waals surface area contributed by atoms with Crippen LogP contribution in [0.4, 0.5) is 9.52 Å². The third kappa shape index (κ3) is 2.61. The number of rotatable bonds is 3. The van der Waals surface area contributed by atoms with Gasteiger partial charge in [-0.15, -0.1) is 0 Å². The van der Waals surface area contributed by atoms with Gasteiger partial charge in [-0.2, -0.15) is 0 Å². The van der Waals surface area contributed by atoms with E-state index >= 15 is 0 Å². The predicted octanol–water partition coefficient (Wildman–Crippen LogP) is 3.42. The highest BCUT2D eigenvalue weighted by Gasteiger charge is 2.13. The zero-order valence-corrected chi connectivity index (χ0v) is 10.5. The minimum absolute atomic E-state index is 0.0428. The van der Waals surface area contributed by atoms with E-state index in [9.17, 15) is 9.18 Å². The number of thiazole rings is 1. The second kappa shape index (κ2) is 4.79. The van der Waals surface area contributed by atoms with Gasteiger partial charge in [0.1, 0.15) is 5.82 Å². The number of halogens is 1. The fourth-order valence-electron chi connectivity index (χ4n) is 1.37. The second-order valence-electron chi connectivity index (χ2n) is 3.93. The molecular formula is C12H13FN2OS. The number of carbonyl (C=O) groups is 1. The van der Waals surface area contributed by atoms with Crippen molar-refractivity contribution in [1.29, 1.82) is 0 Å². The van der Waals surface area contributed by atoms with Crippen molar-refractivity contribution in [1.82, 2.24) is 4.98 Å². The molecule has 0 saturated heterocycles. The lowest BCUT2D eigenvalue weighted by Gasteiger charge is -2.06. The Bertz CT molecular complexity index is 552. The van der Waals surface area contributed by atoms with Gasteiger partial charge in [0.2, 0.25) is 5.91 Å². The van der Waals surface area contributed by atoms with Crippen molar-refractivity contribution in [3.63, 3.8) is 0 Å². The molecule has 1 unspecified atom stereocenters. The maximum absolute atomic E-state index is 13.0. The maximum Gasteiger partial charge on any atom is 0.228 e. The molecule has 0 bridgehead atoms. The van der Waals surface area contributed by atoms with E-state index in [-0.39, 0.29) is 17.6 Å². The summed E-state index contributed by atoms with van der Waals surface area (Å²) in [4.78, 5) is 15.9. The smallest absolute Gasteiger partial charge is 0.228 e. The average molecular weight is 252 g/mol. The average Bonchev–Trinajstić information content (AvgIpc) is 2.69. The summed E-state index contributed by atoms with van der Waals surface area (Å²) in [5.74, 6) is -0.383. The number of carbonyl (C=O) groups excluding carboxylic acids is 1. The van der Waals surface area contributed by atoms with Crippen molar-refractivity contribution in [2.75, 3.05) is 5.32 Å². The number of nitrogens with one attached hydrogen (secondary N) is 1. The van der Waals surface area contributed by atoms with Gasteiger partial charge in [-0.05, 0) is 24.6 Å². The Morgan fingerprint density at radius 2 is 2.35 bits per heavy atom. The van der Waals surface area contributed by atoms with Gasteiger partial charge in [0.25, 0.3) is 0 Å². The summed E-state index contributed by atoms with van der Waals surface area (Å²) in [6.07, 6.45) is 0.783. The van der Waals surface area contributed by atoms with E-state index in [1.165, 1.54) is 23.5 Å². The molecular weight excluding hydrogens is 239 g/mol. The van der Waals surface area contributed by atoms with Crippen molar-refractivity contribution in [2.24, 2.45) is 5.92 Å². The minimum Gasteiger partial charge on any atom is -0.302 e. The number of benzene rings is 1. The van der Waals surface area contributed by atoms with Crippen molar-refractivity contribution in [2.45, 2.75) is 20.3 Å². The molecule has 17 heavy (non-hydrogen) atoms. The summed E-state index contributed by atoms with van der Waals surface area (Å²) in [6.45, 7) is 3.82. The van der Waals surface area contributed by atoms with Crippen LogP contribution < -0.4 is 5.32 Å². The van der Waals surface area contributed by atoms with Gasteiger partial charge < -0.3 is 5.32 Å². The Kier molecular flexibility index (Phi) is 3.38. The van der Waals surface area contributed by atoms with Gasteiger partial charge in [-0.3, -0.25) is 4.79 Å². The van der Waals surface area contributed by atoms with Crippen LogP contribution in [0.25, 0.3) is 10.2 Å². The number of hydrogen-bond acceptors (Lipinski definition) is 3. The molecule has 5 heteroatoms. The van der Waals surface area contributed by atoms with Crippen molar-refractivity contribution >= 4 is 32.6 Å². The highest BCUT2D eigenvalue weighted by atomic mass is 32.1. The standard InChI is InChI=1S/C12H13FN2OS/c1-3-7(2)11(16)15-12-14-9-5-4-8(13)6-10(9)17-12/h4-7H,3H2,1-2H3,(H,14,15,16). The van der Waals surface area contributed by atoms with E-state index in [1.54, 1.807) is 6.07 Å². The largest absolute Gasteiger partial charge is 0.302 e. The molecule has 1 aromatic carbocycles. The molecule has 90 valence electrons. The summed E-state index contributed by atoms with van der Waals surface area (Å²) in [7, 11) is 0. The summed E-state index contributed by atoms with van der Waals surface area (Å²) in [5, 5.41) is 3.27. The Balaban J connectivity index is 2.22. The van der Waals surface area contributed by atoms with Gasteiger partial charge in [-0.1, -0.05) is 25.2 Å². The molecule has 1 atom stereocenters. The van der Waals surface area contributed by atoms with Gasteiger partial charge in [0.05, 0.1) is 10.2 Å². The number of hydrogen-bond donors (Lipinski definition) is 1. The lowest BCUT2D eigenvalue weighted by molar-refractivity contribution is -0.119. The molecule has 0 saturated carbocycles. The van der Waals surface area contributed by atoms with Crippen LogP contribution in [0.5, 0.6) is 0 Å². The molecule has 1 amide bonds. The Morgan fingerprint density at radius 3 is 3.06 bits per heavy atom. The first-order valence-corrected chi connectivity index (χ1v) is 6.28. The Labute approximate surface area is 103 Å². The number of fused-ring (bicyclic) bond motifs is 1. The first-order chi connectivity index (χ1) is 8.10. The molecule has 1 N–H and O–H groups in total. The topological polar surface area (TPSA) is 42.0 Å². The fourth-order valence-corrected chi connectivity index (χ4v) is 2.26. The summed E-state index contributed by atoms with van der Waals surface area (Å²) < 4.78 is 13.7. The molecule has 0 aliphatic carbocycles. The molecule has 0 aliphatic rings. The highest BCUT2D eigenvalue weighted by molar-refractivity contribution is 7.22. The van der Waals surface area contributed by atoms with Crippen LogP contribution in [-0.2, 0) is 4.79 Å². The predicted molar refractivity (Wildman–Crippen MR) is 67.7 cm³/mol. The molecule has 1 heterocycles. The number of amides is 1. The van der Waals surface area contributed by atoms with Crippen LogP contribution >= 0.6 is 11.3 Å². The van der Waals surface area contributed by atoms with Crippen LogP contribution in [-0.4, -0.2) is 10.9 Å². The maximum atomic E-state index is 13.0. The van der Waals surface area contributed by atoms with Crippen molar-refractivity contribution in [3.8, 4) is 0 Å². The van der Waals surface area contributed by atoms with Gasteiger partial charge in [0, 0.05) is 5.92 Å². The first-order valence-electron chi connectivity index (χ1n) is 5.47. The van der Waals surface area contributed by atoms with Crippen LogP contribution in [0.15, 0.2) is 18.2 Å². The molecule has 0 spiro atoms. The van der Waals surface area contributed by atoms with Crippen molar-refractivity contribution < 1.29 is 9.18 Å². The SMILES string of the molecule is CCC(C)C(=O)Nc1nc2ccc(F)cc2s1. The molecule has 2 rings (SSSR count). The third-order valence-electron chi connectivity index (χ3n) is 2.64. The fraction of sp³-hybridized carbons (Fsp3) is 0.333. The number of aromatic nitrogens is 1. The van der Waals surface area contributed by atoms with E-state index in [1.807, 2.05) is 13.8 Å². The molecule has 2 aromatic rings. The van der Waals surface area contributed by atoms with Crippen molar-refractivity contribution in [3.05, 3.63) is 24.0 Å². The molecule has 0 aliphatic heterocycles. The third-order valence-corrected chi connectivity index (χ3v) is 3.57. The van der Waals surface area contributed by atoms with Crippen LogP contribution in [0.2, 0.25) is 0 Å². The van der Waals surface area contributed by atoms with Crippen LogP contribution in [0, 0.1) is 11.7 Å². The van der Waals surface area contributed by atoms with E-state index < -0.39 is 0 Å². The van der Waals surface area contributed by atoms with E-state index in [0.29, 0.717) is 10.6 Å². The molecule has 3 nitrogen and oxygen atoms in total. The van der Waals surface area contributed by atoms with Gasteiger partial charge >= 0.3 is 0 Å². The number of anilines is 1. The van der Waals surface area contributed by atoms with E-state index in [4.69, 9.17) is 0 Å². The summed E-state index contributed by atoms with van der Waals surface area (Å²) >= 11 is 1.28. The van der Waals surface area contributed by atoms with Crippen LogP contribution in [0.1, 0.15) is 20.3 Å². The van der Waals surface area contributed by atoms with Crippen LogP contribution in [0.3, 0.4) is 0 Å². The number of nitrogens with zero attached hydrogens (tertiary/aromatic N) is 1. The Hall–Kier alpha value is -1.49. The normalized spacial score (nSPS) is 12.6. The summed E-state index contributed by atoms with van der Waals surface area (Å²) in [6, 6.07) is 4.40. The minimum atomic E-state index is -0.291. The highest BCUT2D eigenvalue weighted by Crippen LogP contribution is 2.26. The molecule has 1 aromatic heterocycles. The van der Waals surface area contributed by atoms with Gasteiger partial charge in [-0.25, -0.2) is 9.37 Å². The molecule has 0 radical (unpaired) electrons. The first kappa shape index (κ1) is 12.0. The lowest BCUT2D eigenvalue weighted by atomic mass is 10.1. The van der Waals surface area contributed by atoms with E-state index in [0.717, 1.165) is 11.1 Å². The Morgan fingerprint density at radius 1 is 1.59 bits per heavy atom. The second-order valence-corrected chi connectivity index (χ2v) is 4.96. The monoisotopic (exact) mass is 252 g/mol. The van der Waals surface area contributed by atoms with E-state index in [2.05, 4.69) is 10.3 Å². The zero-order chi connectivity index (χ0) is 12.4. The summed E-state index contributed by atoms with van der Waals surface area (Å²) in [5.41, 5.74) is 0.704. The quantitative estimate of drug-likeness (QED) is 0.909. The lowest BCUT2D eigenvalue weighted by Crippen LogP contribution is -2.19. The zero-order valence-electron chi connectivity index (χ0n) is 9.66. The van der Waals surface area contributed by atoms with Gasteiger partial charge in [0.15, 0.2) is 5.13 Å². The molecule has 0 fully saturated rings.